The minimum absolute atomic E-state index is 0.236. The van der Waals surface area contributed by atoms with E-state index in [0.29, 0.717) is 22.7 Å². The molecular weight excluding hydrogens is 452 g/mol. The molecular formula is C26H25ClN4O3. The van der Waals surface area contributed by atoms with Crippen molar-refractivity contribution in [1.82, 2.24) is 15.2 Å². The lowest BCUT2D eigenvalue weighted by molar-refractivity contribution is -0.147. The normalized spacial score (nSPS) is 28.2. The van der Waals surface area contributed by atoms with E-state index in [2.05, 4.69) is 15.6 Å². The van der Waals surface area contributed by atoms with Crippen LogP contribution in [0.1, 0.15) is 31.9 Å². The molecule has 0 unspecified atom stereocenters. The molecule has 3 aliphatic rings. The van der Waals surface area contributed by atoms with E-state index < -0.39 is 29.0 Å². The Balaban J connectivity index is 1.51. The van der Waals surface area contributed by atoms with Gasteiger partial charge in [0.25, 0.3) is 0 Å². The Morgan fingerprint density at radius 1 is 1.06 bits per heavy atom. The minimum atomic E-state index is -1.35. The molecule has 3 aliphatic heterocycles. The van der Waals surface area contributed by atoms with Crippen LogP contribution in [0.3, 0.4) is 0 Å². The number of imide groups is 1. The average molecular weight is 477 g/mol. The number of hydrogen-bond acceptors (Lipinski definition) is 4. The third kappa shape index (κ3) is 2.71. The molecule has 1 aromatic heterocycles. The van der Waals surface area contributed by atoms with Gasteiger partial charge in [-0.15, -0.1) is 0 Å². The second kappa shape index (κ2) is 6.93. The number of carbonyl (C=O) groups is 3. The molecule has 3 aromatic rings. The number of H-pyrrole nitrogens is 1. The van der Waals surface area contributed by atoms with Crippen LogP contribution in [0.5, 0.6) is 0 Å². The molecule has 7 nitrogen and oxygen atoms in total. The zero-order chi connectivity index (χ0) is 24.0. The molecule has 0 bridgehead atoms. The van der Waals surface area contributed by atoms with Crippen molar-refractivity contribution in [2.45, 2.75) is 44.3 Å². The summed E-state index contributed by atoms with van der Waals surface area (Å²) in [5, 5.41) is 7.93. The molecule has 174 valence electrons. The Morgan fingerprint density at radius 2 is 1.82 bits per heavy atom. The SMILES string of the molecule is CC(C)(C)N1C(=O)[C@H]2[C@H](Cc3c[nH]c4ccccc34)N[C@@]3(C(=O)Nc4ccc(Cl)cc43)[C@@H]2C1=O. The van der Waals surface area contributed by atoms with Gasteiger partial charge >= 0.3 is 0 Å². The quantitative estimate of drug-likeness (QED) is 0.493. The molecule has 0 saturated carbocycles. The lowest BCUT2D eigenvalue weighted by Gasteiger charge is -2.34. The molecule has 0 aliphatic carbocycles. The molecule has 2 saturated heterocycles. The highest BCUT2D eigenvalue weighted by Crippen LogP contribution is 2.54. The summed E-state index contributed by atoms with van der Waals surface area (Å²) in [4.78, 5) is 45.8. The van der Waals surface area contributed by atoms with Crippen LogP contribution in [0.25, 0.3) is 10.9 Å². The van der Waals surface area contributed by atoms with Crippen molar-refractivity contribution < 1.29 is 14.4 Å². The van der Waals surface area contributed by atoms with E-state index in [1.54, 1.807) is 18.2 Å². The van der Waals surface area contributed by atoms with Crippen molar-refractivity contribution in [3.8, 4) is 0 Å². The second-order valence-electron chi connectivity index (χ2n) is 10.5. The van der Waals surface area contributed by atoms with Crippen LogP contribution in [0.2, 0.25) is 5.02 Å². The molecule has 6 rings (SSSR count). The molecule has 8 heteroatoms. The second-order valence-corrected chi connectivity index (χ2v) is 10.9. The number of benzene rings is 2. The highest BCUT2D eigenvalue weighted by Gasteiger charge is 2.71. The van der Waals surface area contributed by atoms with Gasteiger partial charge < -0.3 is 10.3 Å². The van der Waals surface area contributed by atoms with Crippen molar-refractivity contribution >= 4 is 45.9 Å². The van der Waals surface area contributed by atoms with Gasteiger partial charge in [0.15, 0.2) is 0 Å². The first-order valence-electron chi connectivity index (χ1n) is 11.4. The average Bonchev–Trinajstić information content (AvgIpc) is 3.47. The topological polar surface area (TPSA) is 94.3 Å². The number of para-hydroxylation sites is 1. The fraction of sp³-hybridized carbons (Fsp3) is 0.346. The summed E-state index contributed by atoms with van der Waals surface area (Å²) >= 11 is 6.33. The fourth-order valence-electron chi connectivity index (χ4n) is 6.15. The summed E-state index contributed by atoms with van der Waals surface area (Å²) < 4.78 is 0. The van der Waals surface area contributed by atoms with Crippen LogP contribution in [0, 0.1) is 11.8 Å². The smallest absolute Gasteiger partial charge is 0.250 e. The van der Waals surface area contributed by atoms with Crippen LogP contribution in [-0.2, 0) is 26.3 Å². The Hall–Kier alpha value is -3.16. The highest BCUT2D eigenvalue weighted by molar-refractivity contribution is 6.31. The van der Waals surface area contributed by atoms with Gasteiger partial charge in [-0.1, -0.05) is 29.8 Å². The number of nitrogens with zero attached hydrogens (tertiary/aromatic N) is 1. The largest absolute Gasteiger partial charge is 0.361 e. The van der Waals surface area contributed by atoms with Crippen molar-refractivity contribution in [2.75, 3.05) is 5.32 Å². The summed E-state index contributed by atoms with van der Waals surface area (Å²) in [6, 6.07) is 12.7. The predicted octanol–water partition coefficient (Wildman–Crippen LogP) is 3.58. The van der Waals surface area contributed by atoms with Gasteiger partial charge in [0, 0.05) is 45.0 Å². The zero-order valence-corrected chi connectivity index (χ0v) is 19.9. The van der Waals surface area contributed by atoms with E-state index in [4.69, 9.17) is 11.6 Å². The number of nitrogens with one attached hydrogen (secondary N) is 3. The summed E-state index contributed by atoms with van der Waals surface area (Å²) in [5.74, 6) is -2.40. The number of amides is 3. The zero-order valence-electron chi connectivity index (χ0n) is 19.1. The molecule has 2 fully saturated rings. The van der Waals surface area contributed by atoms with Crippen LogP contribution in [0.15, 0.2) is 48.7 Å². The van der Waals surface area contributed by atoms with E-state index in [-0.39, 0.29) is 17.7 Å². The van der Waals surface area contributed by atoms with Gasteiger partial charge in [0.2, 0.25) is 17.7 Å². The van der Waals surface area contributed by atoms with Gasteiger partial charge in [0.05, 0.1) is 11.8 Å². The summed E-state index contributed by atoms with van der Waals surface area (Å²) in [5.41, 5.74) is 1.22. The summed E-state index contributed by atoms with van der Waals surface area (Å²) in [7, 11) is 0. The Bertz CT molecular complexity index is 1390. The minimum Gasteiger partial charge on any atom is -0.361 e. The number of fused-ring (bicyclic) bond motifs is 5. The van der Waals surface area contributed by atoms with Gasteiger partial charge in [-0.3, -0.25) is 24.6 Å². The molecule has 0 radical (unpaired) electrons. The number of hydrogen-bond donors (Lipinski definition) is 3. The summed E-state index contributed by atoms with van der Waals surface area (Å²) in [6.07, 6.45) is 2.43. The van der Waals surface area contributed by atoms with Crippen molar-refractivity contribution in [1.29, 1.82) is 0 Å². The van der Waals surface area contributed by atoms with E-state index in [1.807, 2.05) is 51.2 Å². The van der Waals surface area contributed by atoms with E-state index in [1.165, 1.54) is 4.90 Å². The molecule has 3 amide bonds. The van der Waals surface area contributed by atoms with Gasteiger partial charge in [-0.05, 0) is 57.0 Å². The number of aromatic amines is 1. The Kier molecular flexibility index (Phi) is 4.36. The molecule has 2 aromatic carbocycles. The van der Waals surface area contributed by atoms with Crippen LogP contribution in [-0.4, -0.2) is 39.2 Å². The van der Waals surface area contributed by atoms with E-state index >= 15 is 0 Å². The Labute approximate surface area is 201 Å². The first-order chi connectivity index (χ1) is 16.1. The van der Waals surface area contributed by atoms with E-state index in [9.17, 15) is 14.4 Å². The Morgan fingerprint density at radius 3 is 2.59 bits per heavy atom. The van der Waals surface area contributed by atoms with Crippen molar-refractivity contribution in [3.05, 3.63) is 64.8 Å². The lowest BCUT2D eigenvalue weighted by Crippen LogP contribution is -2.56. The number of aromatic nitrogens is 1. The predicted molar refractivity (Wildman–Crippen MR) is 129 cm³/mol. The fourth-order valence-corrected chi connectivity index (χ4v) is 6.32. The molecule has 34 heavy (non-hydrogen) atoms. The monoisotopic (exact) mass is 476 g/mol. The first-order valence-corrected chi connectivity index (χ1v) is 11.8. The number of anilines is 1. The van der Waals surface area contributed by atoms with Crippen molar-refractivity contribution in [3.63, 3.8) is 0 Å². The van der Waals surface area contributed by atoms with Crippen LogP contribution >= 0.6 is 11.6 Å². The molecule has 3 N–H and O–H groups in total. The number of likely N-dealkylation sites (tertiary alicyclic amines) is 1. The number of halogens is 1. The van der Waals surface area contributed by atoms with Crippen molar-refractivity contribution in [2.24, 2.45) is 11.8 Å². The molecule has 4 heterocycles. The third-order valence-electron chi connectivity index (χ3n) is 7.46. The maximum atomic E-state index is 13.9. The molecule has 1 spiro atoms. The van der Waals surface area contributed by atoms with E-state index in [0.717, 1.165) is 16.5 Å². The molecule has 4 atom stereocenters. The lowest BCUT2D eigenvalue weighted by atomic mass is 9.76. The van der Waals surface area contributed by atoms with Crippen LogP contribution in [0.4, 0.5) is 5.69 Å². The van der Waals surface area contributed by atoms with Crippen LogP contribution < -0.4 is 10.6 Å². The first kappa shape index (κ1) is 21.4. The van der Waals surface area contributed by atoms with Gasteiger partial charge in [0.1, 0.15) is 5.54 Å². The maximum Gasteiger partial charge on any atom is 0.250 e. The van der Waals surface area contributed by atoms with Gasteiger partial charge in [-0.2, -0.15) is 0 Å². The maximum absolute atomic E-state index is 13.9. The van der Waals surface area contributed by atoms with Gasteiger partial charge in [-0.25, -0.2) is 0 Å². The number of rotatable bonds is 2. The highest BCUT2D eigenvalue weighted by atomic mass is 35.5. The summed E-state index contributed by atoms with van der Waals surface area (Å²) in [6.45, 7) is 5.54. The number of carbonyl (C=O) groups excluding carboxylic acids is 3. The standard InChI is InChI=1S/C26H25ClN4O3/c1-25(2,3)31-22(32)20-19(10-13-12-28-17-7-5-4-6-15(13)17)30-26(21(20)23(31)33)16-11-14(27)8-9-18(16)29-24(26)34/h4-9,11-12,19-21,28,30H,10H2,1-3H3,(H,29,34)/t19-,20-,21-,26+/m0/s1. The third-order valence-corrected chi connectivity index (χ3v) is 7.70.